The Kier molecular flexibility index (Phi) is 3.14. The summed E-state index contributed by atoms with van der Waals surface area (Å²) < 4.78 is 5.35. The lowest BCUT2D eigenvalue weighted by Crippen LogP contribution is -2.26. The summed E-state index contributed by atoms with van der Waals surface area (Å²) in [7, 11) is 0. The first-order valence-electron chi connectivity index (χ1n) is 5.49. The molecule has 0 aliphatic heterocycles. The van der Waals surface area contributed by atoms with Crippen LogP contribution in [-0.2, 0) is 9.53 Å². The quantitative estimate of drug-likeness (QED) is 0.532. The SMILES string of the molecule is CC(C)(C)OC(=O)C1C(C=CC#N)C1(C)C. The lowest BCUT2D eigenvalue weighted by atomic mass is 10.1. The summed E-state index contributed by atoms with van der Waals surface area (Å²) in [6, 6.07) is 1.95. The highest BCUT2D eigenvalue weighted by atomic mass is 16.6. The Bertz CT molecular complexity index is 355. The van der Waals surface area contributed by atoms with Crippen LogP contribution in [0, 0.1) is 28.6 Å². The van der Waals surface area contributed by atoms with Crippen molar-refractivity contribution in [3.63, 3.8) is 0 Å². The second-order valence-electron chi connectivity index (χ2n) is 5.85. The van der Waals surface area contributed by atoms with Crippen molar-refractivity contribution in [3.05, 3.63) is 12.2 Å². The summed E-state index contributed by atoms with van der Waals surface area (Å²) in [5.74, 6) is -0.150. The number of carbonyl (C=O) groups excluding carboxylic acids is 1. The van der Waals surface area contributed by atoms with Gasteiger partial charge in [0.05, 0.1) is 12.0 Å². The maximum atomic E-state index is 11.9. The van der Waals surface area contributed by atoms with Crippen LogP contribution >= 0.6 is 0 Å². The third-order valence-corrected chi connectivity index (χ3v) is 2.95. The molecule has 0 aromatic rings. The topological polar surface area (TPSA) is 50.1 Å². The van der Waals surface area contributed by atoms with Crippen LogP contribution in [0.2, 0.25) is 0 Å². The standard InChI is InChI=1S/C13H19NO2/c1-12(2,3)16-11(15)10-9(7-6-8-14)13(10,4)5/h6-7,9-10H,1-5H3. The molecule has 0 aromatic heterocycles. The Labute approximate surface area is 97.1 Å². The minimum atomic E-state index is -0.445. The van der Waals surface area contributed by atoms with Gasteiger partial charge in [-0.3, -0.25) is 4.79 Å². The molecule has 0 bridgehead atoms. The highest BCUT2D eigenvalue weighted by molar-refractivity contribution is 5.78. The Morgan fingerprint density at radius 1 is 1.44 bits per heavy atom. The zero-order valence-corrected chi connectivity index (χ0v) is 10.6. The fourth-order valence-electron chi connectivity index (χ4n) is 2.00. The molecule has 16 heavy (non-hydrogen) atoms. The second kappa shape index (κ2) is 3.93. The largest absolute Gasteiger partial charge is 0.460 e. The van der Waals surface area contributed by atoms with E-state index in [9.17, 15) is 4.79 Å². The van der Waals surface area contributed by atoms with Gasteiger partial charge in [-0.05, 0) is 32.1 Å². The fraction of sp³-hybridized carbons (Fsp3) is 0.692. The average Bonchev–Trinajstić information content (AvgIpc) is 2.61. The van der Waals surface area contributed by atoms with E-state index in [1.807, 2.05) is 40.7 Å². The van der Waals surface area contributed by atoms with Gasteiger partial charge in [0.2, 0.25) is 0 Å². The predicted molar refractivity (Wildman–Crippen MR) is 61.4 cm³/mol. The molecule has 1 saturated carbocycles. The van der Waals surface area contributed by atoms with E-state index in [-0.39, 0.29) is 23.2 Å². The van der Waals surface area contributed by atoms with Gasteiger partial charge < -0.3 is 4.74 Å². The average molecular weight is 221 g/mol. The monoisotopic (exact) mass is 221 g/mol. The van der Waals surface area contributed by atoms with Gasteiger partial charge in [-0.25, -0.2) is 0 Å². The highest BCUT2D eigenvalue weighted by Crippen LogP contribution is 2.59. The van der Waals surface area contributed by atoms with Gasteiger partial charge in [0.25, 0.3) is 0 Å². The summed E-state index contributed by atoms with van der Waals surface area (Å²) in [5, 5.41) is 8.47. The van der Waals surface area contributed by atoms with Crippen molar-refractivity contribution in [1.82, 2.24) is 0 Å². The molecule has 3 heteroatoms. The number of rotatable bonds is 2. The van der Waals surface area contributed by atoms with Crippen molar-refractivity contribution in [2.75, 3.05) is 0 Å². The number of nitrogens with zero attached hydrogens (tertiary/aromatic N) is 1. The molecule has 2 atom stereocenters. The molecule has 0 amide bonds. The summed E-state index contributed by atoms with van der Waals surface area (Å²) in [4.78, 5) is 11.9. The van der Waals surface area contributed by atoms with Crippen LogP contribution in [-0.4, -0.2) is 11.6 Å². The van der Waals surface area contributed by atoms with Gasteiger partial charge in [0, 0.05) is 6.08 Å². The lowest BCUT2D eigenvalue weighted by molar-refractivity contribution is -0.157. The molecule has 2 unspecified atom stereocenters. The van der Waals surface area contributed by atoms with Crippen LogP contribution in [0.15, 0.2) is 12.2 Å². The normalized spacial score (nSPS) is 27.5. The summed E-state index contributed by atoms with van der Waals surface area (Å²) in [6.45, 7) is 9.63. The maximum Gasteiger partial charge on any atom is 0.310 e. The van der Waals surface area contributed by atoms with Crippen LogP contribution in [0.5, 0.6) is 0 Å². The lowest BCUT2D eigenvalue weighted by Gasteiger charge is -2.19. The van der Waals surface area contributed by atoms with Gasteiger partial charge in [0.1, 0.15) is 5.60 Å². The molecule has 0 spiro atoms. The number of hydrogen-bond donors (Lipinski definition) is 0. The van der Waals surface area contributed by atoms with Crippen molar-refractivity contribution in [2.24, 2.45) is 17.3 Å². The van der Waals surface area contributed by atoms with Crippen LogP contribution in [0.1, 0.15) is 34.6 Å². The van der Waals surface area contributed by atoms with Crippen LogP contribution in [0.3, 0.4) is 0 Å². The minimum absolute atomic E-state index is 0.0876. The van der Waals surface area contributed by atoms with E-state index >= 15 is 0 Å². The van der Waals surface area contributed by atoms with Crippen LogP contribution in [0.25, 0.3) is 0 Å². The van der Waals surface area contributed by atoms with E-state index in [1.165, 1.54) is 6.08 Å². The number of allylic oxidation sites excluding steroid dienone is 2. The zero-order valence-electron chi connectivity index (χ0n) is 10.6. The van der Waals surface area contributed by atoms with E-state index in [0.717, 1.165) is 0 Å². The number of nitriles is 1. The molecule has 88 valence electrons. The molecule has 1 aliphatic carbocycles. The molecule has 3 nitrogen and oxygen atoms in total. The Morgan fingerprint density at radius 2 is 2.00 bits per heavy atom. The van der Waals surface area contributed by atoms with E-state index in [2.05, 4.69) is 0 Å². The Morgan fingerprint density at radius 3 is 2.44 bits per heavy atom. The van der Waals surface area contributed by atoms with Crippen molar-refractivity contribution >= 4 is 5.97 Å². The molecule has 0 N–H and O–H groups in total. The van der Waals surface area contributed by atoms with Gasteiger partial charge in [-0.15, -0.1) is 0 Å². The molecule has 1 fully saturated rings. The van der Waals surface area contributed by atoms with E-state index in [4.69, 9.17) is 10.00 Å². The Balaban J connectivity index is 2.67. The van der Waals surface area contributed by atoms with Gasteiger partial charge in [-0.2, -0.15) is 5.26 Å². The van der Waals surface area contributed by atoms with Crippen molar-refractivity contribution in [3.8, 4) is 6.07 Å². The molecule has 0 saturated heterocycles. The number of hydrogen-bond acceptors (Lipinski definition) is 3. The van der Waals surface area contributed by atoms with E-state index < -0.39 is 5.60 Å². The first kappa shape index (κ1) is 12.8. The smallest absolute Gasteiger partial charge is 0.310 e. The Hall–Kier alpha value is -1.30. The zero-order chi connectivity index (χ0) is 12.6. The van der Waals surface area contributed by atoms with Crippen molar-refractivity contribution < 1.29 is 9.53 Å². The van der Waals surface area contributed by atoms with Gasteiger partial charge in [-0.1, -0.05) is 19.9 Å². The summed E-state index contributed by atoms with van der Waals surface area (Å²) in [5.41, 5.74) is -0.533. The maximum absolute atomic E-state index is 11.9. The first-order valence-corrected chi connectivity index (χ1v) is 5.49. The third kappa shape index (κ3) is 2.63. The number of carbonyl (C=O) groups is 1. The van der Waals surface area contributed by atoms with Crippen LogP contribution in [0.4, 0.5) is 0 Å². The third-order valence-electron chi connectivity index (χ3n) is 2.95. The first-order chi connectivity index (χ1) is 7.20. The molecule has 1 aliphatic rings. The molecular formula is C13H19NO2. The van der Waals surface area contributed by atoms with Gasteiger partial charge >= 0.3 is 5.97 Å². The van der Waals surface area contributed by atoms with Crippen LogP contribution < -0.4 is 0 Å². The molecular weight excluding hydrogens is 202 g/mol. The highest BCUT2D eigenvalue weighted by Gasteiger charge is 2.61. The molecule has 0 heterocycles. The second-order valence-corrected chi connectivity index (χ2v) is 5.85. The van der Waals surface area contributed by atoms with E-state index in [1.54, 1.807) is 6.08 Å². The summed E-state index contributed by atoms with van der Waals surface area (Å²) in [6.07, 6.45) is 3.24. The molecule has 0 radical (unpaired) electrons. The van der Waals surface area contributed by atoms with Gasteiger partial charge in [0.15, 0.2) is 0 Å². The van der Waals surface area contributed by atoms with E-state index in [0.29, 0.717) is 0 Å². The molecule has 0 aromatic carbocycles. The fourth-order valence-corrected chi connectivity index (χ4v) is 2.00. The number of esters is 1. The number of ether oxygens (including phenoxy) is 1. The van der Waals surface area contributed by atoms with Crippen molar-refractivity contribution in [1.29, 1.82) is 5.26 Å². The van der Waals surface area contributed by atoms with Crippen molar-refractivity contribution in [2.45, 2.75) is 40.2 Å². The predicted octanol–water partition coefficient (Wildman–Crippen LogP) is 2.68. The molecule has 1 rings (SSSR count). The summed E-state index contributed by atoms with van der Waals surface area (Å²) >= 11 is 0. The minimum Gasteiger partial charge on any atom is -0.460 e.